The Morgan fingerprint density at radius 3 is 2.93 bits per heavy atom. The number of hydrogen-bond donors (Lipinski definition) is 2. The lowest BCUT2D eigenvalue weighted by Gasteiger charge is -2.36. The summed E-state index contributed by atoms with van der Waals surface area (Å²) in [4.78, 5) is 11.6. The summed E-state index contributed by atoms with van der Waals surface area (Å²) in [6.45, 7) is 0.394. The Kier molecular flexibility index (Phi) is 2.64. The molecule has 1 heterocycles. The Morgan fingerprint density at radius 1 is 1.60 bits per heavy atom. The van der Waals surface area contributed by atoms with Crippen molar-refractivity contribution in [3.63, 3.8) is 0 Å². The van der Waals surface area contributed by atoms with Crippen LogP contribution in [0.5, 0.6) is 0 Å². The molecule has 1 amide bonds. The second-order valence-electron chi connectivity index (χ2n) is 3.91. The first-order valence-electron chi connectivity index (χ1n) is 5.04. The van der Waals surface area contributed by atoms with Gasteiger partial charge in [0.25, 0.3) is 0 Å². The van der Waals surface area contributed by atoms with Gasteiger partial charge in [0, 0.05) is 6.20 Å². The van der Waals surface area contributed by atoms with Crippen LogP contribution in [0.3, 0.4) is 0 Å². The average molecular weight is 206 g/mol. The molecule has 1 saturated carbocycles. The molecule has 1 aromatic rings. The van der Waals surface area contributed by atoms with Crippen molar-refractivity contribution in [1.82, 2.24) is 15.5 Å². The highest BCUT2D eigenvalue weighted by molar-refractivity contribution is 5.86. The fourth-order valence-corrected chi connectivity index (χ4v) is 1.56. The monoisotopic (exact) mass is 206 g/mol. The van der Waals surface area contributed by atoms with Crippen LogP contribution in [0.1, 0.15) is 25.0 Å². The minimum absolute atomic E-state index is 0.0839. The predicted molar refractivity (Wildman–Crippen MR) is 54.6 cm³/mol. The predicted octanol–water partition coefficient (Wildman–Crippen LogP) is -0.0258. The van der Waals surface area contributed by atoms with Crippen molar-refractivity contribution in [1.29, 1.82) is 0 Å². The minimum Gasteiger partial charge on any atom is -0.349 e. The van der Waals surface area contributed by atoms with Crippen molar-refractivity contribution in [3.8, 4) is 0 Å². The van der Waals surface area contributed by atoms with Crippen LogP contribution in [0.25, 0.3) is 0 Å². The average Bonchev–Trinajstić information content (AvgIpc) is 2.24. The third-order valence-corrected chi connectivity index (χ3v) is 2.76. The lowest BCUT2D eigenvalue weighted by atomic mass is 9.77. The van der Waals surface area contributed by atoms with E-state index in [4.69, 9.17) is 5.73 Å². The quantitative estimate of drug-likeness (QED) is 0.728. The van der Waals surface area contributed by atoms with Gasteiger partial charge in [-0.25, -0.2) is 0 Å². The van der Waals surface area contributed by atoms with Crippen molar-refractivity contribution in [3.05, 3.63) is 24.0 Å². The van der Waals surface area contributed by atoms with Gasteiger partial charge in [0.2, 0.25) is 5.91 Å². The van der Waals surface area contributed by atoms with Gasteiger partial charge in [-0.2, -0.15) is 10.2 Å². The molecule has 0 atom stereocenters. The Balaban J connectivity index is 1.86. The fraction of sp³-hybridized carbons (Fsp3) is 0.500. The van der Waals surface area contributed by atoms with E-state index in [9.17, 15) is 4.79 Å². The van der Waals surface area contributed by atoms with Gasteiger partial charge in [0.15, 0.2) is 0 Å². The number of nitrogens with zero attached hydrogens (tertiary/aromatic N) is 2. The van der Waals surface area contributed by atoms with Gasteiger partial charge in [-0.3, -0.25) is 4.79 Å². The molecular formula is C10H14N4O. The van der Waals surface area contributed by atoms with E-state index in [0.29, 0.717) is 6.54 Å². The molecule has 0 unspecified atom stereocenters. The van der Waals surface area contributed by atoms with Gasteiger partial charge >= 0.3 is 0 Å². The molecule has 1 aliphatic rings. The molecule has 0 aromatic carbocycles. The molecule has 15 heavy (non-hydrogen) atoms. The molecular weight excluding hydrogens is 192 g/mol. The van der Waals surface area contributed by atoms with Crippen LogP contribution in [0, 0.1) is 0 Å². The molecule has 0 spiro atoms. The van der Waals surface area contributed by atoms with Crippen molar-refractivity contribution in [2.45, 2.75) is 31.3 Å². The van der Waals surface area contributed by atoms with Crippen LogP contribution in [0.2, 0.25) is 0 Å². The van der Waals surface area contributed by atoms with Crippen LogP contribution in [0.4, 0.5) is 0 Å². The number of hydrogen-bond acceptors (Lipinski definition) is 4. The van der Waals surface area contributed by atoms with E-state index in [1.807, 2.05) is 6.07 Å². The maximum atomic E-state index is 11.6. The van der Waals surface area contributed by atoms with Crippen LogP contribution in [-0.2, 0) is 11.3 Å². The summed E-state index contributed by atoms with van der Waals surface area (Å²) in [5, 5.41) is 10.4. The summed E-state index contributed by atoms with van der Waals surface area (Å²) in [5.41, 5.74) is 5.97. The van der Waals surface area contributed by atoms with Gasteiger partial charge < -0.3 is 11.1 Å². The van der Waals surface area contributed by atoms with Crippen LogP contribution in [-0.4, -0.2) is 21.6 Å². The van der Waals surface area contributed by atoms with Crippen LogP contribution < -0.4 is 11.1 Å². The summed E-state index contributed by atoms with van der Waals surface area (Å²) >= 11 is 0. The molecule has 5 nitrogen and oxygen atoms in total. The highest BCUT2D eigenvalue weighted by Crippen LogP contribution is 2.28. The molecule has 5 heteroatoms. The maximum Gasteiger partial charge on any atom is 0.240 e. The number of nitrogens with two attached hydrogens (primary N) is 1. The topological polar surface area (TPSA) is 80.9 Å². The molecule has 1 aliphatic carbocycles. The summed E-state index contributed by atoms with van der Waals surface area (Å²) in [6.07, 6.45) is 4.19. The number of aromatic nitrogens is 2. The van der Waals surface area contributed by atoms with Crippen molar-refractivity contribution >= 4 is 5.91 Å². The number of amides is 1. The third kappa shape index (κ3) is 2.12. The first-order chi connectivity index (χ1) is 7.21. The van der Waals surface area contributed by atoms with Gasteiger partial charge in [-0.1, -0.05) is 0 Å². The zero-order valence-corrected chi connectivity index (χ0v) is 8.44. The van der Waals surface area contributed by atoms with Gasteiger partial charge in [-0.05, 0) is 31.4 Å². The molecule has 1 fully saturated rings. The first kappa shape index (κ1) is 10.0. The Bertz CT molecular complexity index is 348. The van der Waals surface area contributed by atoms with E-state index in [2.05, 4.69) is 15.5 Å². The number of carbonyl (C=O) groups excluding carboxylic acids is 1. The van der Waals surface area contributed by atoms with Crippen molar-refractivity contribution in [2.75, 3.05) is 0 Å². The van der Waals surface area contributed by atoms with Crippen LogP contribution >= 0.6 is 0 Å². The summed E-state index contributed by atoms with van der Waals surface area (Å²) in [5.74, 6) is -0.0839. The van der Waals surface area contributed by atoms with Gasteiger partial charge in [0.05, 0.1) is 17.8 Å². The van der Waals surface area contributed by atoms with E-state index in [1.54, 1.807) is 12.3 Å². The molecule has 0 radical (unpaired) electrons. The SMILES string of the molecule is NC1(C(=O)NCc2cccnn2)CCC1. The Morgan fingerprint density at radius 2 is 2.40 bits per heavy atom. The summed E-state index contributed by atoms with van der Waals surface area (Å²) < 4.78 is 0. The number of carbonyl (C=O) groups is 1. The van der Waals surface area contributed by atoms with Crippen molar-refractivity contribution in [2.24, 2.45) is 5.73 Å². The van der Waals surface area contributed by atoms with E-state index in [1.165, 1.54) is 0 Å². The summed E-state index contributed by atoms with van der Waals surface area (Å²) in [6, 6.07) is 3.60. The van der Waals surface area contributed by atoms with E-state index >= 15 is 0 Å². The molecule has 0 saturated heterocycles. The largest absolute Gasteiger partial charge is 0.349 e. The zero-order chi connectivity index (χ0) is 10.7. The van der Waals surface area contributed by atoms with Crippen molar-refractivity contribution < 1.29 is 4.79 Å². The molecule has 2 rings (SSSR count). The Hall–Kier alpha value is -1.49. The van der Waals surface area contributed by atoms with E-state index in [0.717, 1.165) is 25.0 Å². The lowest BCUT2D eigenvalue weighted by Crippen LogP contribution is -2.58. The standard InChI is InChI=1S/C10H14N4O/c11-10(4-2-5-10)9(15)12-7-8-3-1-6-13-14-8/h1,3,6H,2,4-5,7,11H2,(H,12,15). The fourth-order valence-electron chi connectivity index (χ4n) is 1.56. The molecule has 80 valence electrons. The normalized spacial score (nSPS) is 17.9. The third-order valence-electron chi connectivity index (χ3n) is 2.76. The zero-order valence-electron chi connectivity index (χ0n) is 8.44. The Labute approximate surface area is 88.1 Å². The smallest absolute Gasteiger partial charge is 0.240 e. The van der Waals surface area contributed by atoms with Gasteiger partial charge in [0.1, 0.15) is 0 Å². The highest BCUT2D eigenvalue weighted by atomic mass is 16.2. The first-order valence-corrected chi connectivity index (χ1v) is 5.04. The minimum atomic E-state index is -0.637. The molecule has 1 aromatic heterocycles. The van der Waals surface area contributed by atoms with E-state index < -0.39 is 5.54 Å². The van der Waals surface area contributed by atoms with Crippen LogP contribution in [0.15, 0.2) is 18.3 Å². The summed E-state index contributed by atoms with van der Waals surface area (Å²) in [7, 11) is 0. The molecule has 3 N–H and O–H groups in total. The van der Waals surface area contributed by atoms with E-state index in [-0.39, 0.29) is 5.91 Å². The van der Waals surface area contributed by atoms with Gasteiger partial charge in [-0.15, -0.1) is 0 Å². The number of nitrogens with one attached hydrogen (secondary N) is 1. The lowest BCUT2D eigenvalue weighted by molar-refractivity contribution is -0.129. The molecule has 0 bridgehead atoms. The second kappa shape index (κ2) is 3.94. The maximum absolute atomic E-state index is 11.6. The molecule has 0 aliphatic heterocycles. The second-order valence-corrected chi connectivity index (χ2v) is 3.91. The highest BCUT2D eigenvalue weighted by Gasteiger charge is 2.39. The number of rotatable bonds is 3.